The van der Waals surface area contributed by atoms with Crippen LogP contribution in [0.3, 0.4) is 0 Å². The standard InChI is InChI=1S/C10H15ClN2/c1-7(2)5-12-9-4-8(3)6-13-10(9)11/h4,6-7,12H,5H2,1-3H3. The Hall–Kier alpha value is -0.760. The lowest BCUT2D eigenvalue weighted by atomic mass is 10.2. The predicted molar refractivity (Wildman–Crippen MR) is 57.3 cm³/mol. The van der Waals surface area contributed by atoms with E-state index in [0.29, 0.717) is 11.1 Å². The molecular weight excluding hydrogens is 184 g/mol. The zero-order chi connectivity index (χ0) is 9.84. The first-order chi connectivity index (χ1) is 6.09. The molecule has 0 aliphatic carbocycles. The van der Waals surface area contributed by atoms with Crippen LogP contribution in [0.1, 0.15) is 19.4 Å². The third kappa shape index (κ3) is 3.23. The van der Waals surface area contributed by atoms with E-state index in [-0.39, 0.29) is 0 Å². The van der Waals surface area contributed by atoms with Crippen LogP contribution in [-0.2, 0) is 0 Å². The van der Waals surface area contributed by atoms with Crippen molar-refractivity contribution in [3.8, 4) is 0 Å². The Morgan fingerprint density at radius 2 is 2.23 bits per heavy atom. The fourth-order valence-electron chi connectivity index (χ4n) is 0.991. The lowest BCUT2D eigenvalue weighted by Gasteiger charge is -2.10. The molecule has 0 spiro atoms. The summed E-state index contributed by atoms with van der Waals surface area (Å²) in [6.07, 6.45) is 1.77. The topological polar surface area (TPSA) is 24.9 Å². The van der Waals surface area contributed by atoms with Crippen LogP contribution in [-0.4, -0.2) is 11.5 Å². The number of aromatic nitrogens is 1. The second-order valence-corrected chi connectivity index (χ2v) is 3.98. The van der Waals surface area contributed by atoms with Crippen molar-refractivity contribution < 1.29 is 0 Å². The summed E-state index contributed by atoms with van der Waals surface area (Å²) in [7, 11) is 0. The first-order valence-electron chi connectivity index (χ1n) is 4.45. The van der Waals surface area contributed by atoms with Crippen LogP contribution < -0.4 is 5.32 Å². The highest BCUT2D eigenvalue weighted by atomic mass is 35.5. The molecule has 1 aromatic rings. The van der Waals surface area contributed by atoms with Gasteiger partial charge in [0.1, 0.15) is 0 Å². The molecular formula is C10H15ClN2. The molecule has 72 valence electrons. The molecule has 1 rings (SSSR count). The average molecular weight is 199 g/mol. The Balaban J connectivity index is 2.70. The van der Waals surface area contributed by atoms with Crippen molar-refractivity contribution in [1.29, 1.82) is 0 Å². The van der Waals surface area contributed by atoms with Gasteiger partial charge in [-0.2, -0.15) is 0 Å². The van der Waals surface area contributed by atoms with Gasteiger partial charge in [-0.25, -0.2) is 4.98 Å². The van der Waals surface area contributed by atoms with E-state index in [0.717, 1.165) is 17.8 Å². The normalized spacial score (nSPS) is 10.5. The van der Waals surface area contributed by atoms with Gasteiger partial charge in [0.2, 0.25) is 0 Å². The van der Waals surface area contributed by atoms with E-state index in [2.05, 4.69) is 24.1 Å². The van der Waals surface area contributed by atoms with Gasteiger partial charge >= 0.3 is 0 Å². The smallest absolute Gasteiger partial charge is 0.152 e. The van der Waals surface area contributed by atoms with Crippen molar-refractivity contribution in [3.05, 3.63) is 23.0 Å². The van der Waals surface area contributed by atoms with Gasteiger partial charge in [0.25, 0.3) is 0 Å². The van der Waals surface area contributed by atoms with Crippen LogP contribution in [0.2, 0.25) is 5.15 Å². The molecule has 0 bridgehead atoms. The number of pyridine rings is 1. The molecule has 0 aromatic carbocycles. The first-order valence-corrected chi connectivity index (χ1v) is 4.83. The van der Waals surface area contributed by atoms with Crippen molar-refractivity contribution >= 4 is 17.3 Å². The van der Waals surface area contributed by atoms with Crippen LogP contribution in [0.4, 0.5) is 5.69 Å². The third-order valence-corrected chi connectivity index (χ3v) is 1.98. The monoisotopic (exact) mass is 198 g/mol. The van der Waals surface area contributed by atoms with E-state index in [1.807, 2.05) is 13.0 Å². The quantitative estimate of drug-likeness (QED) is 0.755. The molecule has 0 amide bonds. The summed E-state index contributed by atoms with van der Waals surface area (Å²) < 4.78 is 0. The number of nitrogens with zero attached hydrogens (tertiary/aromatic N) is 1. The van der Waals surface area contributed by atoms with Crippen molar-refractivity contribution in [2.24, 2.45) is 5.92 Å². The van der Waals surface area contributed by atoms with Crippen LogP contribution in [0.5, 0.6) is 0 Å². The third-order valence-electron chi connectivity index (χ3n) is 1.68. The van der Waals surface area contributed by atoms with E-state index >= 15 is 0 Å². The molecule has 0 fully saturated rings. The molecule has 0 saturated carbocycles. The summed E-state index contributed by atoms with van der Waals surface area (Å²) in [5.74, 6) is 0.608. The van der Waals surface area contributed by atoms with Crippen LogP contribution in [0.25, 0.3) is 0 Å². The minimum Gasteiger partial charge on any atom is -0.382 e. The summed E-state index contributed by atoms with van der Waals surface area (Å²) in [5, 5.41) is 3.81. The Kier molecular flexibility index (Phi) is 3.55. The average Bonchev–Trinajstić information content (AvgIpc) is 2.06. The number of nitrogens with one attached hydrogen (secondary N) is 1. The van der Waals surface area contributed by atoms with Gasteiger partial charge in [0, 0.05) is 12.7 Å². The summed E-state index contributed by atoms with van der Waals surface area (Å²) in [6, 6.07) is 2.01. The summed E-state index contributed by atoms with van der Waals surface area (Å²) in [6.45, 7) is 7.24. The predicted octanol–water partition coefficient (Wildman–Crippen LogP) is 3.11. The molecule has 0 aliphatic heterocycles. The zero-order valence-corrected chi connectivity index (χ0v) is 9.02. The van der Waals surface area contributed by atoms with Crippen molar-refractivity contribution in [1.82, 2.24) is 4.98 Å². The maximum atomic E-state index is 5.91. The van der Waals surface area contributed by atoms with Gasteiger partial charge in [-0.1, -0.05) is 25.4 Å². The Bertz CT molecular complexity index is 284. The van der Waals surface area contributed by atoms with Crippen molar-refractivity contribution in [2.45, 2.75) is 20.8 Å². The number of anilines is 1. The Morgan fingerprint density at radius 3 is 2.85 bits per heavy atom. The van der Waals surface area contributed by atoms with E-state index in [9.17, 15) is 0 Å². The van der Waals surface area contributed by atoms with Crippen molar-refractivity contribution in [2.75, 3.05) is 11.9 Å². The molecule has 0 saturated heterocycles. The Morgan fingerprint density at radius 1 is 1.54 bits per heavy atom. The highest BCUT2D eigenvalue weighted by Gasteiger charge is 2.01. The van der Waals surface area contributed by atoms with E-state index in [4.69, 9.17) is 11.6 Å². The highest BCUT2D eigenvalue weighted by molar-refractivity contribution is 6.31. The molecule has 13 heavy (non-hydrogen) atoms. The maximum absolute atomic E-state index is 5.91. The largest absolute Gasteiger partial charge is 0.382 e. The van der Waals surface area contributed by atoms with Crippen LogP contribution in [0.15, 0.2) is 12.3 Å². The molecule has 1 N–H and O–H groups in total. The van der Waals surface area contributed by atoms with Crippen molar-refractivity contribution in [3.63, 3.8) is 0 Å². The number of aryl methyl sites for hydroxylation is 1. The lowest BCUT2D eigenvalue weighted by molar-refractivity contribution is 0.688. The Labute approximate surface area is 84.3 Å². The molecule has 0 aliphatic rings. The number of halogens is 1. The highest BCUT2D eigenvalue weighted by Crippen LogP contribution is 2.19. The van der Waals surface area contributed by atoms with Gasteiger partial charge in [-0.05, 0) is 24.5 Å². The van der Waals surface area contributed by atoms with Gasteiger partial charge in [0.15, 0.2) is 5.15 Å². The molecule has 3 heteroatoms. The number of rotatable bonds is 3. The molecule has 2 nitrogen and oxygen atoms in total. The summed E-state index contributed by atoms with van der Waals surface area (Å²) >= 11 is 5.91. The molecule has 1 heterocycles. The summed E-state index contributed by atoms with van der Waals surface area (Å²) in [4.78, 5) is 4.06. The molecule has 1 aromatic heterocycles. The van der Waals surface area contributed by atoms with Gasteiger partial charge in [-0.15, -0.1) is 0 Å². The maximum Gasteiger partial charge on any atom is 0.152 e. The molecule has 0 radical (unpaired) electrons. The van der Waals surface area contributed by atoms with Gasteiger partial charge in [-0.3, -0.25) is 0 Å². The van der Waals surface area contributed by atoms with E-state index in [1.165, 1.54) is 0 Å². The fourth-order valence-corrected chi connectivity index (χ4v) is 1.16. The second kappa shape index (κ2) is 4.47. The number of hydrogen-bond acceptors (Lipinski definition) is 2. The minimum absolute atomic E-state index is 0.547. The first kappa shape index (κ1) is 10.3. The second-order valence-electron chi connectivity index (χ2n) is 3.63. The zero-order valence-electron chi connectivity index (χ0n) is 8.26. The molecule has 0 atom stereocenters. The fraction of sp³-hybridized carbons (Fsp3) is 0.500. The van der Waals surface area contributed by atoms with E-state index < -0.39 is 0 Å². The summed E-state index contributed by atoms with van der Waals surface area (Å²) in [5.41, 5.74) is 2.05. The molecule has 0 unspecified atom stereocenters. The SMILES string of the molecule is Cc1cnc(Cl)c(NCC(C)C)c1. The van der Waals surface area contributed by atoms with Gasteiger partial charge in [0.05, 0.1) is 5.69 Å². The van der Waals surface area contributed by atoms with Crippen LogP contribution in [0, 0.1) is 12.8 Å². The van der Waals surface area contributed by atoms with Gasteiger partial charge < -0.3 is 5.32 Å². The lowest BCUT2D eigenvalue weighted by Crippen LogP contribution is -2.08. The number of hydrogen-bond donors (Lipinski definition) is 1. The minimum atomic E-state index is 0.547. The van der Waals surface area contributed by atoms with Crippen LogP contribution >= 0.6 is 11.6 Å². The van der Waals surface area contributed by atoms with E-state index in [1.54, 1.807) is 6.20 Å².